The number of hydrogen-bond acceptors (Lipinski definition) is 2. The Morgan fingerprint density at radius 1 is 1.10 bits per heavy atom. The van der Waals surface area contributed by atoms with E-state index in [-0.39, 0.29) is 6.04 Å². The molecule has 0 bridgehead atoms. The minimum absolute atomic E-state index is 0.0671. The number of nitrogens with one attached hydrogen (secondary N) is 1. The van der Waals surface area contributed by atoms with Crippen LogP contribution in [0, 0.1) is 0 Å². The van der Waals surface area contributed by atoms with E-state index in [1.54, 1.807) is 11.3 Å². The second kappa shape index (κ2) is 5.97. The summed E-state index contributed by atoms with van der Waals surface area (Å²) in [5.41, 5.74) is 0.224. The van der Waals surface area contributed by atoms with Crippen LogP contribution in [-0.4, -0.2) is 7.05 Å². The van der Waals surface area contributed by atoms with Gasteiger partial charge in [-0.05, 0) is 43.3 Å². The van der Waals surface area contributed by atoms with Crippen LogP contribution in [0.15, 0.2) is 36.4 Å². The molecule has 0 radical (unpaired) electrons. The Hall–Kier alpha value is -1.33. The van der Waals surface area contributed by atoms with E-state index in [2.05, 4.69) is 18.3 Å². The quantitative estimate of drug-likeness (QED) is 0.867. The first-order valence-corrected chi connectivity index (χ1v) is 7.20. The number of halogens is 3. The lowest BCUT2D eigenvalue weighted by Crippen LogP contribution is -2.16. The molecule has 0 saturated carbocycles. The van der Waals surface area contributed by atoms with Crippen molar-refractivity contribution in [3.8, 4) is 0 Å². The topological polar surface area (TPSA) is 12.0 Å². The number of alkyl halides is 3. The molecule has 0 aliphatic carbocycles. The number of benzene rings is 1. The van der Waals surface area contributed by atoms with Gasteiger partial charge in [0, 0.05) is 9.75 Å². The van der Waals surface area contributed by atoms with Gasteiger partial charge >= 0.3 is 6.18 Å². The summed E-state index contributed by atoms with van der Waals surface area (Å²) >= 11 is 1.69. The van der Waals surface area contributed by atoms with Gasteiger partial charge in [-0.15, -0.1) is 11.3 Å². The van der Waals surface area contributed by atoms with E-state index in [1.807, 2.05) is 13.1 Å². The number of thiophene rings is 1. The molecule has 0 aliphatic rings. The monoisotopic (exact) mass is 299 g/mol. The average Bonchev–Trinajstić information content (AvgIpc) is 2.88. The van der Waals surface area contributed by atoms with Gasteiger partial charge < -0.3 is 5.32 Å². The third kappa shape index (κ3) is 3.22. The largest absolute Gasteiger partial charge is 0.416 e. The van der Waals surface area contributed by atoms with Crippen LogP contribution in [0.2, 0.25) is 0 Å². The summed E-state index contributed by atoms with van der Waals surface area (Å²) in [6.45, 7) is 2.09. The van der Waals surface area contributed by atoms with Crippen LogP contribution in [-0.2, 0) is 12.6 Å². The highest BCUT2D eigenvalue weighted by Gasteiger charge is 2.30. The van der Waals surface area contributed by atoms with Gasteiger partial charge in [0.1, 0.15) is 0 Å². The molecule has 0 amide bonds. The van der Waals surface area contributed by atoms with E-state index < -0.39 is 11.7 Å². The van der Waals surface area contributed by atoms with Crippen molar-refractivity contribution in [2.45, 2.75) is 25.6 Å². The predicted molar refractivity (Wildman–Crippen MR) is 76.0 cm³/mol. The highest BCUT2D eigenvalue weighted by molar-refractivity contribution is 7.12. The van der Waals surface area contributed by atoms with Crippen LogP contribution >= 0.6 is 11.3 Å². The summed E-state index contributed by atoms with van der Waals surface area (Å²) in [6.07, 6.45) is -3.32. The second-order valence-electron chi connectivity index (χ2n) is 4.50. The molecule has 2 rings (SSSR count). The van der Waals surface area contributed by atoms with Gasteiger partial charge in [-0.1, -0.05) is 19.1 Å². The molecular formula is C15H16F3NS. The van der Waals surface area contributed by atoms with Gasteiger partial charge in [0.15, 0.2) is 0 Å². The van der Waals surface area contributed by atoms with Crippen LogP contribution in [0.1, 0.15) is 33.8 Å². The smallest absolute Gasteiger partial charge is 0.309 e. The molecule has 1 aromatic heterocycles. The van der Waals surface area contributed by atoms with Crippen molar-refractivity contribution in [2.24, 2.45) is 0 Å². The Bertz CT molecular complexity index is 557. The Labute approximate surface area is 120 Å². The van der Waals surface area contributed by atoms with E-state index in [4.69, 9.17) is 0 Å². The van der Waals surface area contributed by atoms with Crippen LogP contribution in [0.3, 0.4) is 0 Å². The summed E-state index contributed by atoms with van der Waals surface area (Å²) in [5.74, 6) is 0. The summed E-state index contributed by atoms with van der Waals surface area (Å²) in [5, 5.41) is 3.16. The molecule has 1 heterocycles. The highest BCUT2D eigenvalue weighted by Crippen LogP contribution is 2.32. The average molecular weight is 299 g/mol. The fourth-order valence-corrected chi connectivity index (χ4v) is 3.17. The molecule has 2 aromatic rings. The lowest BCUT2D eigenvalue weighted by Gasteiger charge is -2.16. The molecule has 20 heavy (non-hydrogen) atoms. The molecule has 1 atom stereocenters. The zero-order valence-electron chi connectivity index (χ0n) is 11.3. The molecule has 5 heteroatoms. The molecule has 1 aromatic carbocycles. The van der Waals surface area contributed by atoms with Crippen molar-refractivity contribution in [3.63, 3.8) is 0 Å². The minimum atomic E-state index is -4.29. The van der Waals surface area contributed by atoms with Crippen LogP contribution < -0.4 is 5.32 Å². The standard InChI is InChI=1S/C15H16F3NS/c1-3-12-8-9-13(20-12)14(19-2)10-4-6-11(7-5-10)15(16,17)18/h4-9,14,19H,3H2,1-2H3. The van der Waals surface area contributed by atoms with E-state index in [9.17, 15) is 13.2 Å². The van der Waals surface area contributed by atoms with Gasteiger partial charge in [0.2, 0.25) is 0 Å². The molecule has 1 nitrogen and oxygen atoms in total. The molecule has 0 spiro atoms. The van der Waals surface area contributed by atoms with Crippen LogP contribution in [0.5, 0.6) is 0 Å². The maximum Gasteiger partial charge on any atom is 0.416 e. The Morgan fingerprint density at radius 2 is 1.75 bits per heavy atom. The SMILES string of the molecule is CCc1ccc(C(NC)c2ccc(C(F)(F)F)cc2)s1. The molecule has 108 valence electrons. The van der Waals surface area contributed by atoms with E-state index in [1.165, 1.54) is 17.0 Å². The highest BCUT2D eigenvalue weighted by atomic mass is 32.1. The fraction of sp³-hybridized carbons (Fsp3) is 0.333. The zero-order chi connectivity index (χ0) is 14.8. The van der Waals surface area contributed by atoms with Crippen LogP contribution in [0.4, 0.5) is 13.2 Å². The van der Waals surface area contributed by atoms with Gasteiger partial charge in [-0.25, -0.2) is 0 Å². The van der Waals surface area contributed by atoms with Gasteiger partial charge in [-0.2, -0.15) is 13.2 Å². The van der Waals surface area contributed by atoms with Crippen molar-refractivity contribution in [3.05, 3.63) is 57.3 Å². The molecule has 0 saturated heterocycles. The van der Waals surface area contributed by atoms with Crippen molar-refractivity contribution in [2.75, 3.05) is 7.05 Å². The normalized spacial score (nSPS) is 13.4. The van der Waals surface area contributed by atoms with Crippen molar-refractivity contribution in [1.82, 2.24) is 5.32 Å². The maximum atomic E-state index is 12.6. The number of aryl methyl sites for hydroxylation is 1. The lowest BCUT2D eigenvalue weighted by molar-refractivity contribution is -0.137. The van der Waals surface area contributed by atoms with Gasteiger partial charge in [-0.3, -0.25) is 0 Å². The summed E-state index contributed by atoms with van der Waals surface area (Å²) in [4.78, 5) is 2.39. The Kier molecular flexibility index (Phi) is 4.50. The van der Waals surface area contributed by atoms with Gasteiger partial charge in [0.25, 0.3) is 0 Å². The van der Waals surface area contributed by atoms with Crippen molar-refractivity contribution >= 4 is 11.3 Å². The molecule has 0 aliphatic heterocycles. The van der Waals surface area contributed by atoms with Gasteiger partial charge in [0.05, 0.1) is 11.6 Å². The first-order valence-electron chi connectivity index (χ1n) is 6.38. The zero-order valence-corrected chi connectivity index (χ0v) is 12.1. The van der Waals surface area contributed by atoms with Crippen molar-refractivity contribution < 1.29 is 13.2 Å². The lowest BCUT2D eigenvalue weighted by atomic mass is 10.0. The van der Waals surface area contributed by atoms with E-state index in [0.29, 0.717) is 0 Å². The van der Waals surface area contributed by atoms with Crippen LogP contribution in [0.25, 0.3) is 0 Å². The molecule has 1 unspecified atom stereocenters. The second-order valence-corrected chi connectivity index (χ2v) is 5.70. The molecule has 1 N–H and O–H groups in total. The Morgan fingerprint density at radius 3 is 2.20 bits per heavy atom. The first kappa shape index (κ1) is 15.1. The van der Waals surface area contributed by atoms with Crippen molar-refractivity contribution in [1.29, 1.82) is 0 Å². The van der Waals surface area contributed by atoms with E-state index >= 15 is 0 Å². The maximum absolute atomic E-state index is 12.6. The summed E-state index contributed by atoms with van der Waals surface area (Å²) in [7, 11) is 1.81. The summed E-state index contributed by atoms with van der Waals surface area (Å²) < 4.78 is 37.7. The fourth-order valence-electron chi connectivity index (χ4n) is 2.08. The number of hydrogen-bond donors (Lipinski definition) is 1. The molecule has 0 fully saturated rings. The van der Waals surface area contributed by atoms with E-state index in [0.717, 1.165) is 29.0 Å². The Balaban J connectivity index is 2.28. The summed E-state index contributed by atoms with van der Waals surface area (Å²) in [6, 6.07) is 9.37. The predicted octanol–water partition coefficient (Wildman–Crippen LogP) is 4.64. The number of rotatable bonds is 4. The third-order valence-corrected chi connectivity index (χ3v) is 4.47. The third-order valence-electron chi connectivity index (χ3n) is 3.18. The minimum Gasteiger partial charge on any atom is -0.309 e. The first-order chi connectivity index (χ1) is 9.45. The molecular weight excluding hydrogens is 283 g/mol.